The third-order valence-corrected chi connectivity index (χ3v) is 3.41. The van der Waals surface area contributed by atoms with Crippen LogP contribution in [0.15, 0.2) is 35.4 Å². The van der Waals surface area contributed by atoms with Crippen LogP contribution in [0.2, 0.25) is 0 Å². The zero-order valence-corrected chi connectivity index (χ0v) is 12.1. The van der Waals surface area contributed by atoms with Gasteiger partial charge in [-0.2, -0.15) is 0 Å². The maximum Gasteiger partial charge on any atom is 0.410 e. The molecule has 8 nitrogen and oxygen atoms in total. The van der Waals surface area contributed by atoms with E-state index in [0.29, 0.717) is 0 Å². The fraction of sp³-hybridized carbons (Fsp3) is 0.429. The van der Waals surface area contributed by atoms with Crippen molar-refractivity contribution in [2.24, 2.45) is 5.11 Å². The molecule has 0 N–H and O–H groups in total. The molecule has 0 spiro atoms. The molecular weight excluding hydrogens is 288 g/mol. The molecule has 8 heteroatoms. The summed E-state index contributed by atoms with van der Waals surface area (Å²) in [5.41, 5.74) is 9.34. The largest absolute Gasteiger partial charge is 0.467 e. The fourth-order valence-corrected chi connectivity index (χ4v) is 2.33. The molecule has 1 amide bonds. The van der Waals surface area contributed by atoms with E-state index in [1.54, 1.807) is 0 Å². The number of ether oxygens (including phenoxy) is 2. The molecule has 1 aliphatic heterocycles. The lowest BCUT2D eigenvalue weighted by Crippen LogP contribution is -2.41. The summed E-state index contributed by atoms with van der Waals surface area (Å²) < 4.78 is 9.89. The molecule has 0 bridgehead atoms. The number of methoxy groups -OCH3 is 1. The molecule has 1 aromatic carbocycles. The number of nitrogens with zero attached hydrogens (tertiary/aromatic N) is 4. The van der Waals surface area contributed by atoms with Crippen LogP contribution in [0.5, 0.6) is 0 Å². The fourth-order valence-electron chi connectivity index (χ4n) is 2.33. The van der Waals surface area contributed by atoms with Crippen molar-refractivity contribution < 1.29 is 19.1 Å². The van der Waals surface area contributed by atoms with Gasteiger partial charge in [-0.25, -0.2) is 9.59 Å². The second-order valence-electron chi connectivity index (χ2n) is 4.83. The van der Waals surface area contributed by atoms with Gasteiger partial charge in [-0.15, -0.1) is 0 Å². The molecule has 1 aromatic rings. The highest BCUT2D eigenvalue weighted by Gasteiger charge is 2.40. The Morgan fingerprint density at radius 2 is 2.14 bits per heavy atom. The van der Waals surface area contributed by atoms with Gasteiger partial charge in [-0.1, -0.05) is 35.4 Å². The molecule has 22 heavy (non-hydrogen) atoms. The average Bonchev–Trinajstić information content (AvgIpc) is 2.97. The van der Waals surface area contributed by atoms with Gasteiger partial charge < -0.3 is 9.47 Å². The third-order valence-electron chi connectivity index (χ3n) is 3.41. The van der Waals surface area contributed by atoms with Gasteiger partial charge >= 0.3 is 12.1 Å². The Balaban J connectivity index is 2.02. The Hall–Kier alpha value is -2.73. The van der Waals surface area contributed by atoms with Crippen molar-refractivity contribution in [3.05, 3.63) is 46.3 Å². The van der Waals surface area contributed by atoms with E-state index in [0.717, 1.165) is 5.56 Å². The number of hydrogen-bond donors (Lipinski definition) is 0. The highest BCUT2D eigenvalue weighted by molar-refractivity contribution is 5.82. The van der Waals surface area contributed by atoms with E-state index >= 15 is 0 Å². The van der Waals surface area contributed by atoms with Crippen molar-refractivity contribution in [3.63, 3.8) is 0 Å². The monoisotopic (exact) mass is 304 g/mol. The van der Waals surface area contributed by atoms with E-state index in [1.165, 1.54) is 12.0 Å². The summed E-state index contributed by atoms with van der Waals surface area (Å²) in [6.45, 7) is 0.244. The molecule has 1 heterocycles. The van der Waals surface area contributed by atoms with Crippen molar-refractivity contribution in [2.75, 3.05) is 13.7 Å². The zero-order chi connectivity index (χ0) is 15.9. The summed E-state index contributed by atoms with van der Waals surface area (Å²) in [7, 11) is 1.25. The van der Waals surface area contributed by atoms with Crippen LogP contribution in [0.1, 0.15) is 12.0 Å². The maximum atomic E-state index is 12.2. The van der Waals surface area contributed by atoms with Crippen LogP contribution in [-0.2, 0) is 20.9 Å². The number of azide groups is 1. The predicted octanol–water partition coefficient (Wildman–Crippen LogP) is 2.25. The van der Waals surface area contributed by atoms with E-state index in [4.69, 9.17) is 10.3 Å². The van der Waals surface area contributed by atoms with Gasteiger partial charge in [0.2, 0.25) is 0 Å². The van der Waals surface area contributed by atoms with Crippen LogP contribution in [-0.4, -0.2) is 42.7 Å². The SMILES string of the molecule is COC(=O)C1CC(N=[N+]=[N-])CN1C(=O)OCc1ccccc1. The minimum atomic E-state index is -0.788. The van der Waals surface area contributed by atoms with Crippen molar-refractivity contribution in [1.29, 1.82) is 0 Å². The van der Waals surface area contributed by atoms with Gasteiger partial charge in [0.1, 0.15) is 12.6 Å². The van der Waals surface area contributed by atoms with Crippen LogP contribution in [0.3, 0.4) is 0 Å². The second-order valence-corrected chi connectivity index (χ2v) is 4.83. The number of carbonyl (C=O) groups excluding carboxylic acids is 2. The number of carbonyl (C=O) groups is 2. The summed E-state index contributed by atoms with van der Waals surface area (Å²) in [6, 6.07) is 7.96. The van der Waals surface area contributed by atoms with Gasteiger partial charge in [-0.3, -0.25) is 4.90 Å². The van der Waals surface area contributed by atoms with Crippen LogP contribution >= 0.6 is 0 Å². The maximum absolute atomic E-state index is 12.2. The lowest BCUT2D eigenvalue weighted by atomic mass is 10.2. The van der Waals surface area contributed by atoms with Gasteiger partial charge in [0.25, 0.3) is 0 Å². The molecule has 1 saturated heterocycles. The molecule has 1 fully saturated rings. The van der Waals surface area contributed by atoms with Crippen molar-refractivity contribution in [3.8, 4) is 0 Å². The molecule has 2 unspecified atom stereocenters. The predicted molar refractivity (Wildman–Crippen MR) is 76.7 cm³/mol. The highest BCUT2D eigenvalue weighted by Crippen LogP contribution is 2.23. The number of hydrogen-bond acceptors (Lipinski definition) is 5. The Kier molecular flexibility index (Phi) is 5.21. The number of rotatable bonds is 4. The van der Waals surface area contributed by atoms with E-state index < -0.39 is 24.1 Å². The van der Waals surface area contributed by atoms with Gasteiger partial charge in [0.05, 0.1) is 13.2 Å². The van der Waals surface area contributed by atoms with Gasteiger partial charge in [-0.05, 0) is 17.5 Å². The zero-order valence-electron chi connectivity index (χ0n) is 12.1. The van der Waals surface area contributed by atoms with E-state index in [-0.39, 0.29) is 19.6 Å². The molecule has 0 aliphatic carbocycles. The quantitative estimate of drug-likeness (QED) is 0.368. The summed E-state index contributed by atoms with van der Waals surface area (Å²) in [5.74, 6) is -0.549. The Labute approximate surface area is 127 Å². The first kappa shape index (κ1) is 15.7. The number of likely N-dealkylation sites (tertiary alicyclic amines) is 1. The third kappa shape index (κ3) is 3.67. The Morgan fingerprint density at radius 1 is 1.41 bits per heavy atom. The topological polar surface area (TPSA) is 105 Å². The molecule has 0 saturated carbocycles. The van der Waals surface area contributed by atoms with Crippen molar-refractivity contribution in [2.45, 2.75) is 25.1 Å². The first-order valence-corrected chi connectivity index (χ1v) is 6.75. The normalized spacial score (nSPS) is 20.1. The number of benzene rings is 1. The van der Waals surface area contributed by atoms with Crippen molar-refractivity contribution in [1.82, 2.24) is 4.90 Å². The van der Waals surface area contributed by atoms with Crippen LogP contribution in [0.25, 0.3) is 10.4 Å². The smallest absolute Gasteiger partial charge is 0.410 e. The summed E-state index contributed by atoms with van der Waals surface area (Å²) in [4.78, 5) is 27.9. The lowest BCUT2D eigenvalue weighted by molar-refractivity contribution is -0.145. The van der Waals surface area contributed by atoms with E-state index in [9.17, 15) is 9.59 Å². The first-order valence-electron chi connectivity index (χ1n) is 6.75. The minimum Gasteiger partial charge on any atom is -0.467 e. The minimum absolute atomic E-state index is 0.107. The number of amides is 1. The lowest BCUT2D eigenvalue weighted by Gasteiger charge is -2.21. The van der Waals surface area contributed by atoms with Crippen LogP contribution < -0.4 is 0 Å². The standard InChI is InChI=1S/C14H16N4O4/c1-21-13(19)12-7-11(16-17-15)8-18(12)14(20)22-9-10-5-3-2-4-6-10/h2-6,11-12H,7-9H2,1H3. The van der Waals surface area contributed by atoms with Gasteiger partial charge in [0, 0.05) is 11.5 Å². The molecule has 116 valence electrons. The number of esters is 1. The molecule has 2 atom stereocenters. The Morgan fingerprint density at radius 3 is 2.77 bits per heavy atom. The molecule has 1 aliphatic rings. The molecule has 0 radical (unpaired) electrons. The van der Waals surface area contributed by atoms with E-state index in [1.807, 2.05) is 30.3 Å². The second kappa shape index (κ2) is 7.33. The molecule has 0 aromatic heterocycles. The van der Waals surface area contributed by atoms with E-state index in [2.05, 4.69) is 14.8 Å². The molecule has 2 rings (SSSR count). The molecular formula is C14H16N4O4. The Bertz CT molecular complexity index is 586. The summed E-state index contributed by atoms with van der Waals surface area (Å²) in [5, 5.41) is 3.56. The van der Waals surface area contributed by atoms with Crippen molar-refractivity contribution >= 4 is 12.1 Å². The average molecular weight is 304 g/mol. The first-order chi connectivity index (χ1) is 10.7. The van der Waals surface area contributed by atoms with Gasteiger partial charge in [0.15, 0.2) is 0 Å². The summed E-state index contributed by atoms with van der Waals surface area (Å²) in [6.07, 6.45) is -0.396. The van der Waals surface area contributed by atoms with Crippen LogP contribution in [0, 0.1) is 0 Å². The summed E-state index contributed by atoms with van der Waals surface area (Å²) >= 11 is 0. The highest BCUT2D eigenvalue weighted by atomic mass is 16.6. The van der Waals surface area contributed by atoms with Crippen LogP contribution in [0.4, 0.5) is 4.79 Å².